The lowest BCUT2D eigenvalue weighted by molar-refractivity contribution is -0.137. The maximum Gasteiger partial charge on any atom is 0.417 e. The Morgan fingerprint density at radius 2 is 1.80 bits per heavy atom. The summed E-state index contributed by atoms with van der Waals surface area (Å²) in [4.78, 5) is 12.2. The van der Waals surface area contributed by atoms with Crippen molar-refractivity contribution in [2.45, 2.75) is 32.4 Å². The Hall–Kier alpha value is -3.11. The van der Waals surface area contributed by atoms with Gasteiger partial charge in [0.1, 0.15) is 17.8 Å². The first-order chi connectivity index (χ1) is 16.4. The number of pyridine rings is 1. The number of aromatic nitrogens is 5. The topological polar surface area (TPSA) is 77.8 Å². The van der Waals surface area contributed by atoms with Crippen LogP contribution in [0.3, 0.4) is 0 Å². The van der Waals surface area contributed by atoms with Gasteiger partial charge in [-0.25, -0.2) is 9.97 Å². The number of rotatable bonds is 6. The number of imidazole rings is 1. The van der Waals surface area contributed by atoms with Gasteiger partial charge in [0.25, 0.3) is 0 Å². The van der Waals surface area contributed by atoms with Crippen molar-refractivity contribution in [3.63, 3.8) is 0 Å². The molecular weight excluding hydrogens is 483 g/mol. The van der Waals surface area contributed by atoms with E-state index >= 15 is 0 Å². The molecule has 0 spiro atoms. The molecule has 0 bridgehead atoms. The first kappa shape index (κ1) is 25.0. The van der Waals surface area contributed by atoms with E-state index in [1.54, 1.807) is 11.7 Å². The van der Waals surface area contributed by atoms with E-state index in [0.29, 0.717) is 33.3 Å². The average molecular weight is 508 g/mol. The number of methoxy groups -OCH3 is 1. The molecule has 186 valence electrons. The Morgan fingerprint density at radius 3 is 2.43 bits per heavy atom. The summed E-state index contributed by atoms with van der Waals surface area (Å²) in [7, 11) is 3.27. The highest BCUT2D eigenvalue weighted by atomic mass is 35.5. The second-order valence-corrected chi connectivity index (χ2v) is 9.44. The fourth-order valence-electron chi connectivity index (χ4n) is 3.75. The number of benzene rings is 1. The van der Waals surface area contributed by atoms with Gasteiger partial charge in [-0.05, 0) is 12.1 Å². The summed E-state index contributed by atoms with van der Waals surface area (Å²) in [6.45, 7) is 6.42. The quantitative estimate of drug-likeness (QED) is 0.323. The summed E-state index contributed by atoms with van der Waals surface area (Å²) < 4.78 is 53.5. The van der Waals surface area contributed by atoms with E-state index < -0.39 is 11.7 Å². The van der Waals surface area contributed by atoms with Crippen molar-refractivity contribution in [1.29, 1.82) is 0 Å². The number of hydrogen-bond acceptors (Lipinski definition) is 5. The Bertz CT molecular complexity index is 1370. The molecule has 0 aliphatic heterocycles. The van der Waals surface area contributed by atoms with Gasteiger partial charge in [-0.2, -0.15) is 18.3 Å². The van der Waals surface area contributed by atoms with Crippen LogP contribution in [0.25, 0.3) is 33.8 Å². The van der Waals surface area contributed by atoms with Crippen molar-refractivity contribution in [3.05, 3.63) is 46.6 Å². The summed E-state index contributed by atoms with van der Waals surface area (Å²) in [5.74, 6) is 0.509. The Balaban J connectivity index is 1.92. The van der Waals surface area contributed by atoms with E-state index in [2.05, 4.69) is 20.1 Å². The van der Waals surface area contributed by atoms with Crippen molar-refractivity contribution >= 4 is 22.6 Å². The molecule has 0 aliphatic rings. The molecule has 0 amide bonds. The van der Waals surface area contributed by atoms with Gasteiger partial charge in [0.05, 0.1) is 34.1 Å². The van der Waals surface area contributed by atoms with Crippen LogP contribution in [0, 0.1) is 0 Å². The Labute approximate surface area is 205 Å². The maximum atomic E-state index is 13.7. The van der Waals surface area contributed by atoms with Crippen molar-refractivity contribution in [1.82, 2.24) is 24.7 Å². The molecule has 0 saturated heterocycles. The highest BCUT2D eigenvalue weighted by Crippen LogP contribution is 2.40. The van der Waals surface area contributed by atoms with Crippen LogP contribution in [0.5, 0.6) is 5.88 Å². The molecular formula is C24H25ClF3N5O2. The molecule has 1 aromatic carbocycles. The molecule has 1 N–H and O–H groups in total. The zero-order chi connectivity index (χ0) is 25.5. The molecule has 4 rings (SSSR count). The molecule has 0 unspecified atom stereocenters. The number of aromatic amines is 1. The molecule has 3 heterocycles. The summed E-state index contributed by atoms with van der Waals surface area (Å²) >= 11 is 6.68. The molecule has 0 saturated carbocycles. The largest absolute Gasteiger partial charge is 0.474 e. The van der Waals surface area contributed by atoms with E-state index in [-0.39, 0.29) is 35.8 Å². The van der Waals surface area contributed by atoms with E-state index in [1.807, 2.05) is 20.8 Å². The smallest absolute Gasteiger partial charge is 0.417 e. The Morgan fingerprint density at radius 1 is 1.09 bits per heavy atom. The minimum atomic E-state index is -4.55. The van der Waals surface area contributed by atoms with Crippen LogP contribution < -0.4 is 4.74 Å². The molecule has 11 heteroatoms. The number of H-pyrrole nitrogens is 1. The van der Waals surface area contributed by atoms with Crippen LogP contribution in [0.15, 0.2) is 30.3 Å². The van der Waals surface area contributed by atoms with E-state index in [1.165, 1.54) is 31.4 Å². The van der Waals surface area contributed by atoms with Crippen LogP contribution in [-0.4, -0.2) is 45.1 Å². The van der Waals surface area contributed by atoms with Gasteiger partial charge in [-0.3, -0.25) is 4.68 Å². The highest BCUT2D eigenvalue weighted by molar-refractivity contribution is 6.33. The van der Waals surface area contributed by atoms with Gasteiger partial charge in [0.15, 0.2) is 5.82 Å². The Kier molecular flexibility index (Phi) is 6.54. The van der Waals surface area contributed by atoms with Gasteiger partial charge in [-0.15, -0.1) is 0 Å². The van der Waals surface area contributed by atoms with Crippen molar-refractivity contribution in [2.24, 2.45) is 7.05 Å². The lowest BCUT2D eigenvalue weighted by atomic mass is 9.92. The highest BCUT2D eigenvalue weighted by Gasteiger charge is 2.34. The van der Waals surface area contributed by atoms with Gasteiger partial charge >= 0.3 is 6.18 Å². The van der Waals surface area contributed by atoms with E-state index in [4.69, 9.17) is 21.1 Å². The van der Waals surface area contributed by atoms with Crippen LogP contribution in [0.4, 0.5) is 13.2 Å². The van der Waals surface area contributed by atoms with Gasteiger partial charge < -0.3 is 14.5 Å². The summed E-state index contributed by atoms with van der Waals surface area (Å²) in [5, 5.41) is 4.99. The monoisotopic (exact) mass is 507 g/mol. The lowest BCUT2D eigenvalue weighted by Gasteiger charge is -2.15. The van der Waals surface area contributed by atoms with Crippen LogP contribution in [0.2, 0.25) is 5.02 Å². The fraction of sp³-hybridized carbons (Fsp3) is 0.375. The number of nitrogens with one attached hydrogen (secondary N) is 1. The third-order valence-electron chi connectivity index (χ3n) is 5.40. The van der Waals surface area contributed by atoms with Crippen LogP contribution in [-0.2, 0) is 23.4 Å². The number of hydrogen-bond donors (Lipinski definition) is 1. The van der Waals surface area contributed by atoms with Gasteiger partial charge in [0, 0.05) is 25.1 Å². The predicted octanol–water partition coefficient (Wildman–Crippen LogP) is 6.02. The molecule has 3 aromatic heterocycles. The van der Waals surface area contributed by atoms with E-state index in [9.17, 15) is 13.2 Å². The molecule has 0 radical (unpaired) electrons. The number of halogens is 4. The maximum absolute atomic E-state index is 13.7. The number of ether oxygens (including phenoxy) is 2. The van der Waals surface area contributed by atoms with E-state index in [0.717, 1.165) is 6.07 Å². The van der Waals surface area contributed by atoms with Crippen molar-refractivity contribution < 1.29 is 22.6 Å². The molecule has 4 aromatic rings. The normalized spacial score (nSPS) is 12.5. The summed E-state index contributed by atoms with van der Waals surface area (Å²) in [6, 6.07) is 6.76. The first-order valence-corrected chi connectivity index (χ1v) is 11.2. The predicted molar refractivity (Wildman–Crippen MR) is 128 cm³/mol. The second kappa shape index (κ2) is 9.16. The zero-order valence-electron chi connectivity index (χ0n) is 19.9. The molecule has 0 fully saturated rings. The van der Waals surface area contributed by atoms with Gasteiger partial charge in [0.2, 0.25) is 5.88 Å². The standard InChI is InChI=1S/C24H25ClF3N5O2/c1-23(2,3)20-17(25)19(33(4)32-20)21-29-16-12-15(13-8-6-7-9-14(13)24(26,27)28)30-22(18(16)31-21)35-11-10-34-5/h6-9,12H,10-11H2,1-5H3,(H,29,31). The molecule has 0 aliphatic carbocycles. The number of nitrogens with zero attached hydrogens (tertiary/aromatic N) is 4. The number of fused-ring (bicyclic) bond motifs is 1. The summed E-state index contributed by atoms with van der Waals surface area (Å²) in [6.07, 6.45) is -4.55. The molecule has 35 heavy (non-hydrogen) atoms. The molecule has 7 nitrogen and oxygen atoms in total. The number of aryl methyl sites for hydroxylation is 1. The van der Waals surface area contributed by atoms with Crippen LogP contribution >= 0.6 is 11.6 Å². The van der Waals surface area contributed by atoms with Crippen LogP contribution in [0.1, 0.15) is 32.0 Å². The number of alkyl halides is 3. The van der Waals surface area contributed by atoms with Crippen molar-refractivity contribution in [2.75, 3.05) is 20.3 Å². The lowest BCUT2D eigenvalue weighted by Crippen LogP contribution is -2.12. The van der Waals surface area contributed by atoms with Crippen molar-refractivity contribution in [3.8, 4) is 28.7 Å². The fourth-order valence-corrected chi connectivity index (χ4v) is 4.28. The minimum Gasteiger partial charge on any atom is -0.474 e. The SMILES string of the molecule is COCCOc1nc(-c2ccccc2C(F)(F)F)cc2nc(-c3c(Cl)c(C(C)(C)C)nn3C)[nH]c12. The first-order valence-electron chi connectivity index (χ1n) is 10.8. The third-order valence-corrected chi connectivity index (χ3v) is 5.76. The second-order valence-electron chi connectivity index (χ2n) is 9.06. The summed E-state index contributed by atoms with van der Waals surface area (Å²) in [5.41, 5.74) is 0.972. The third kappa shape index (κ3) is 4.85. The average Bonchev–Trinajstić information content (AvgIpc) is 3.33. The zero-order valence-corrected chi connectivity index (χ0v) is 20.7. The molecule has 0 atom stereocenters. The van der Waals surface area contributed by atoms with Gasteiger partial charge in [-0.1, -0.05) is 50.6 Å². The minimum absolute atomic E-state index is 0.0726.